The Balaban J connectivity index is 1.71. The molecule has 1 fully saturated rings. The van der Waals surface area contributed by atoms with Crippen LogP contribution in [0.25, 0.3) is 5.57 Å². The van der Waals surface area contributed by atoms with Gasteiger partial charge in [-0.1, -0.05) is 45.8 Å². The third kappa shape index (κ3) is 3.58. The third-order valence-electron chi connectivity index (χ3n) is 4.49. The standard InChI is InChI=1S/C19H17BrN2O4S/c1-12-5-7-15(8-6-12)27(24,25)22-10-16(13-3-2-4-14(20)9-13)18(21-22)19(23)17-11-26-17/h2-9,17,21H,10-11H2,1H3/t17-/m1/s1. The lowest BCUT2D eigenvalue weighted by atomic mass is 10.0. The van der Waals surface area contributed by atoms with Crippen LogP contribution in [0.4, 0.5) is 0 Å². The van der Waals surface area contributed by atoms with E-state index < -0.39 is 16.1 Å². The van der Waals surface area contributed by atoms with E-state index in [0.29, 0.717) is 12.2 Å². The van der Waals surface area contributed by atoms with Crippen molar-refractivity contribution in [3.05, 3.63) is 69.8 Å². The van der Waals surface area contributed by atoms with Gasteiger partial charge in [0.15, 0.2) is 0 Å². The zero-order chi connectivity index (χ0) is 19.2. The number of Topliss-reactive ketones (excluding diaryl/α,β-unsaturated/α-hetero) is 1. The normalized spacial score (nSPS) is 19.9. The molecule has 8 heteroatoms. The molecule has 1 saturated heterocycles. The minimum absolute atomic E-state index is 0.0560. The van der Waals surface area contributed by atoms with E-state index in [-0.39, 0.29) is 22.9 Å². The molecule has 0 unspecified atom stereocenters. The number of carbonyl (C=O) groups is 1. The van der Waals surface area contributed by atoms with Crippen LogP contribution >= 0.6 is 15.9 Å². The van der Waals surface area contributed by atoms with Crippen molar-refractivity contribution < 1.29 is 17.9 Å². The summed E-state index contributed by atoms with van der Waals surface area (Å²) in [7, 11) is -3.80. The van der Waals surface area contributed by atoms with E-state index >= 15 is 0 Å². The minimum atomic E-state index is -3.80. The highest BCUT2D eigenvalue weighted by Gasteiger charge is 2.41. The predicted molar refractivity (Wildman–Crippen MR) is 104 cm³/mol. The van der Waals surface area contributed by atoms with Gasteiger partial charge in [-0.15, -0.1) is 4.41 Å². The average molecular weight is 449 g/mol. The maximum atomic E-state index is 13.0. The van der Waals surface area contributed by atoms with Crippen molar-refractivity contribution >= 4 is 37.3 Å². The molecular formula is C19H17BrN2O4S. The second kappa shape index (κ2) is 6.87. The van der Waals surface area contributed by atoms with Crippen LogP contribution in [0, 0.1) is 6.92 Å². The Labute approximate surface area is 166 Å². The van der Waals surface area contributed by atoms with Gasteiger partial charge in [0.05, 0.1) is 18.0 Å². The first-order chi connectivity index (χ1) is 12.9. The van der Waals surface area contributed by atoms with Crippen LogP contribution in [0.15, 0.2) is 63.6 Å². The monoisotopic (exact) mass is 448 g/mol. The summed E-state index contributed by atoms with van der Waals surface area (Å²) >= 11 is 3.42. The highest BCUT2D eigenvalue weighted by molar-refractivity contribution is 9.10. The molecule has 2 aromatic carbocycles. The van der Waals surface area contributed by atoms with Crippen LogP contribution in [0.2, 0.25) is 0 Å². The second-order valence-corrected chi connectivity index (χ2v) is 9.26. The summed E-state index contributed by atoms with van der Waals surface area (Å²) in [5, 5.41) is 0. The molecule has 2 aromatic rings. The van der Waals surface area contributed by atoms with Gasteiger partial charge < -0.3 is 10.2 Å². The maximum Gasteiger partial charge on any atom is 0.260 e. The SMILES string of the molecule is Cc1ccc(S(=O)(=O)N2CC(c3cccc(Br)c3)=C(C(=O)[C@H]3CO3)N2)cc1. The van der Waals surface area contributed by atoms with E-state index in [4.69, 9.17) is 4.74 Å². The third-order valence-corrected chi connectivity index (χ3v) is 6.66. The predicted octanol–water partition coefficient (Wildman–Crippen LogP) is 2.65. The van der Waals surface area contributed by atoms with E-state index in [1.807, 2.05) is 31.2 Å². The van der Waals surface area contributed by atoms with E-state index in [1.165, 1.54) is 0 Å². The fraction of sp³-hybridized carbons (Fsp3) is 0.211. The quantitative estimate of drug-likeness (QED) is 0.711. The Morgan fingerprint density at radius 1 is 1.22 bits per heavy atom. The Morgan fingerprint density at radius 2 is 1.93 bits per heavy atom. The van der Waals surface area contributed by atoms with Gasteiger partial charge in [-0.05, 0) is 36.8 Å². The van der Waals surface area contributed by atoms with Crippen LogP contribution in [0.5, 0.6) is 0 Å². The number of benzene rings is 2. The van der Waals surface area contributed by atoms with Crippen LogP contribution in [-0.2, 0) is 19.6 Å². The zero-order valence-corrected chi connectivity index (χ0v) is 16.9. The molecule has 140 valence electrons. The molecule has 2 heterocycles. The van der Waals surface area contributed by atoms with Crippen molar-refractivity contribution in [3.63, 3.8) is 0 Å². The van der Waals surface area contributed by atoms with Gasteiger partial charge in [-0.2, -0.15) is 0 Å². The number of hydrogen-bond donors (Lipinski definition) is 1. The Kier molecular flexibility index (Phi) is 4.67. The topological polar surface area (TPSA) is 79.0 Å². The van der Waals surface area contributed by atoms with Gasteiger partial charge in [0.2, 0.25) is 5.78 Å². The highest BCUT2D eigenvalue weighted by atomic mass is 79.9. The van der Waals surface area contributed by atoms with Gasteiger partial charge in [-0.25, -0.2) is 8.42 Å². The second-order valence-electron chi connectivity index (χ2n) is 6.49. The van der Waals surface area contributed by atoms with Gasteiger partial charge in [0, 0.05) is 10.0 Å². The average Bonchev–Trinajstić information content (AvgIpc) is 3.39. The molecule has 0 amide bonds. The summed E-state index contributed by atoms with van der Waals surface area (Å²) in [4.78, 5) is 12.8. The molecular weight excluding hydrogens is 432 g/mol. The lowest BCUT2D eigenvalue weighted by Crippen LogP contribution is -2.39. The molecule has 2 aliphatic rings. The summed E-state index contributed by atoms with van der Waals surface area (Å²) < 4.78 is 33.1. The molecule has 0 radical (unpaired) electrons. The van der Waals surface area contributed by atoms with Crippen molar-refractivity contribution in [2.75, 3.05) is 13.2 Å². The van der Waals surface area contributed by atoms with Gasteiger partial charge in [0.1, 0.15) is 11.8 Å². The van der Waals surface area contributed by atoms with E-state index in [0.717, 1.165) is 20.0 Å². The minimum Gasteiger partial charge on any atom is -0.364 e. The highest BCUT2D eigenvalue weighted by Crippen LogP contribution is 2.31. The van der Waals surface area contributed by atoms with Gasteiger partial charge in [0.25, 0.3) is 10.0 Å². The molecule has 0 bridgehead atoms. The van der Waals surface area contributed by atoms with Gasteiger partial charge >= 0.3 is 0 Å². The number of hydrazine groups is 1. The summed E-state index contributed by atoms with van der Waals surface area (Å²) in [6.45, 7) is 2.31. The molecule has 27 heavy (non-hydrogen) atoms. The summed E-state index contributed by atoms with van der Waals surface area (Å²) in [5.74, 6) is -0.230. The molecule has 0 aromatic heterocycles. The van der Waals surface area contributed by atoms with E-state index in [9.17, 15) is 13.2 Å². The largest absolute Gasteiger partial charge is 0.364 e. The van der Waals surface area contributed by atoms with Crippen LogP contribution < -0.4 is 5.43 Å². The number of epoxide rings is 1. The molecule has 1 atom stereocenters. The van der Waals surface area contributed by atoms with Crippen molar-refractivity contribution in [1.82, 2.24) is 9.84 Å². The van der Waals surface area contributed by atoms with E-state index in [1.54, 1.807) is 24.3 Å². The number of rotatable bonds is 5. The maximum absolute atomic E-state index is 13.0. The first kappa shape index (κ1) is 18.4. The van der Waals surface area contributed by atoms with Crippen molar-refractivity contribution in [2.45, 2.75) is 17.9 Å². The molecule has 2 aliphatic heterocycles. The number of nitrogens with zero attached hydrogens (tertiary/aromatic N) is 1. The Bertz CT molecular complexity index is 1040. The number of nitrogens with one attached hydrogen (secondary N) is 1. The van der Waals surface area contributed by atoms with Crippen LogP contribution in [-0.4, -0.2) is 37.9 Å². The number of carbonyl (C=O) groups excluding carboxylic acids is 1. The number of hydrogen-bond acceptors (Lipinski definition) is 5. The molecule has 0 spiro atoms. The van der Waals surface area contributed by atoms with Crippen molar-refractivity contribution in [2.24, 2.45) is 0 Å². The molecule has 0 aliphatic carbocycles. The Morgan fingerprint density at radius 3 is 2.56 bits per heavy atom. The van der Waals surface area contributed by atoms with Crippen molar-refractivity contribution in [1.29, 1.82) is 0 Å². The number of aryl methyl sites for hydroxylation is 1. The molecule has 0 saturated carbocycles. The fourth-order valence-corrected chi connectivity index (χ4v) is 4.56. The molecule has 4 rings (SSSR count). The lowest BCUT2D eigenvalue weighted by Gasteiger charge is -2.18. The number of ketones is 1. The molecule has 6 nitrogen and oxygen atoms in total. The van der Waals surface area contributed by atoms with Crippen molar-refractivity contribution in [3.8, 4) is 0 Å². The smallest absolute Gasteiger partial charge is 0.260 e. The number of sulfonamides is 1. The number of halogens is 1. The first-order valence-corrected chi connectivity index (χ1v) is 10.6. The fourth-order valence-electron chi connectivity index (χ4n) is 2.91. The first-order valence-electron chi connectivity index (χ1n) is 8.37. The van der Waals surface area contributed by atoms with Crippen LogP contribution in [0.3, 0.4) is 0 Å². The van der Waals surface area contributed by atoms with Gasteiger partial charge in [-0.3, -0.25) is 4.79 Å². The molecule has 1 N–H and O–H groups in total. The summed E-state index contributed by atoms with van der Waals surface area (Å²) in [5.41, 5.74) is 5.47. The summed E-state index contributed by atoms with van der Waals surface area (Å²) in [6.07, 6.45) is -0.503. The van der Waals surface area contributed by atoms with E-state index in [2.05, 4.69) is 21.4 Å². The Hall–Kier alpha value is -2.00. The van der Waals surface area contributed by atoms with Crippen LogP contribution in [0.1, 0.15) is 11.1 Å². The number of ether oxygens (including phenoxy) is 1. The lowest BCUT2D eigenvalue weighted by molar-refractivity contribution is -0.117. The summed E-state index contributed by atoms with van der Waals surface area (Å²) in [6, 6.07) is 14.1. The zero-order valence-electron chi connectivity index (χ0n) is 14.5.